The molecule has 5 aliphatic rings. The average Bonchev–Trinajstić information content (AvgIpc) is 4.06. The number of carboxylic acids is 3. The highest BCUT2D eigenvalue weighted by atomic mass is 32.2. The zero-order chi connectivity index (χ0) is 48.8. The van der Waals surface area contributed by atoms with Crippen LogP contribution in [0.1, 0.15) is 61.3 Å². The number of carbonyl (C=O) groups excluding carboxylic acids is 5. The van der Waals surface area contributed by atoms with Gasteiger partial charge in [-0.25, -0.2) is 14.4 Å². The average molecular weight is 965 g/mol. The van der Waals surface area contributed by atoms with E-state index < -0.39 is 113 Å². The van der Waals surface area contributed by atoms with Gasteiger partial charge in [-0.3, -0.25) is 28.9 Å². The number of carbonyl (C=O) groups is 8. The number of nitrogens with zero attached hydrogens (tertiary/aromatic N) is 2. The van der Waals surface area contributed by atoms with E-state index in [0.717, 1.165) is 23.8 Å². The summed E-state index contributed by atoms with van der Waals surface area (Å²) in [6.07, 6.45) is -1.84. The lowest BCUT2D eigenvalue weighted by Crippen LogP contribution is -2.63. The van der Waals surface area contributed by atoms with Crippen molar-refractivity contribution < 1.29 is 68.6 Å². The number of hydrogen-bond donors (Lipinski definition) is 9. The molecule has 0 aromatic heterocycles. The summed E-state index contributed by atoms with van der Waals surface area (Å²) in [7, 11) is 1.11. The van der Waals surface area contributed by atoms with Gasteiger partial charge in [0.05, 0.1) is 55.0 Å². The molecule has 0 radical (unpaired) electrons. The second-order valence-electron chi connectivity index (χ2n) is 17.4. The highest BCUT2D eigenvalue weighted by molar-refractivity contribution is 8.04. The van der Waals surface area contributed by atoms with Gasteiger partial charge in [-0.15, -0.1) is 23.5 Å². The van der Waals surface area contributed by atoms with E-state index in [0.29, 0.717) is 11.4 Å². The molecule has 2 aromatic carbocycles. The van der Waals surface area contributed by atoms with E-state index in [9.17, 15) is 63.9 Å². The van der Waals surface area contributed by atoms with Crippen molar-refractivity contribution in [1.82, 2.24) is 20.4 Å². The summed E-state index contributed by atoms with van der Waals surface area (Å²) < 4.78 is 5.04. The third-order valence-electron chi connectivity index (χ3n) is 12.9. The number of β-lactam (4-membered cyclic amide) rings is 1. The molecule has 2 aromatic rings. The largest absolute Gasteiger partial charge is 0.478 e. The number of aromatic carboxylic acids is 1. The first kappa shape index (κ1) is 49.1. The Labute approximate surface area is 392 Å². The molecule has 3 fully saturated rings. The van der Waals surface area contributed by atoms with Gasteiger partial charge >= 0.3 is 23.9 Å². The van der Waals surface area contributed by atoms with E-state index >= 15 is 0 Å². The number of ether oxygens (including phenoxy) is 1. The number of methoxy groups -OCH3 is 1. The lowest BCUT2D eigenvalue weighted by Gasteiger charge is -2.46. The fraction of sp³-hybridized carbons (Fsp3) is 0.467. The van der Waals surface area contributed by atoms with Crippen LogP contribution in [0.25, 0.3) is 0 Å². The van der Waals surface area contributed by atoms with E-state index in [4.69, 9.17) is 4.74 Å². The molecule has 0 aliphatic carbocycles. The molecule has 5 heterocycles. The number of aliphatic carboxylic acids is 2. The Morgan fingerprint density at radius 1 is 0.746 bits per heavy atom. The van der Waals surface area contributed by atoms with E-state index in [1.807, 2.05) is 6.92 Å². The predicted octanol–water partition coefficient (Wildman–Crippen LogP) is 1.97. The fourth-order valence-electron chi connectivity index (χ4n) is 9.78. The van der Waals surface area contributed by atoms with Gasteiger partial charge in [-0.2, -0.15) is 0 Å². The van der Waals surface area contributed by atoms with Gasteiger partial charge in [0.25, 0.3) is 5.91 Å². The molecule has 12 atom stereocenters. The minimum absolute atomic E-state index is 0.0146. The van der Waals surface area contributed by atoms with Crippen LogP contribution in [0, 0.1) is 23.7 Å². The van der Waals surface area contributed by atoms with E-state index in [-0.39, 0.29) is 63.7 Å². The number of rotatable bonds is 16. The third kappa shape index (κ3) is 9.55. The van der Waals surface area contributed by atoms with Crippen LogP contribution in [0.4, 0.5) is 11.4 Å². The SMILES string of the molecule is COC(=O)[C@H](C1[C@@H](C)C(S[C@@H]2CN[C@H](C(=O)Nc3cccc(C(=O)O)c3)C2)=C(C(=O)O)N1C(=O)c1cccc(NC(=O)[C@@H]2C[C@H](SC3=C(C(=O)O)N4C(=O)[C@H]([C@@H](C)O)C4[C@H]3C)CN2)c1)[C@@H](C)O. The Bertz CT molecular complexity index is 2460. The lowest BCUT2D eigenvalue weighted by atomic mass is 9.79. The molecule has 7 rings (SSSR count). The first-order valence-electron chi connectivity index (χ1n) is 21.6. The summed E-state index contributed by atoms with van der Waals surface area (Å²) in [6.45, 7) is 6.88. The summed E-state index contributed by atoms with van der Waals surface area (Å²) in [6, 6.07) is 8.36. The molecule has 22 heteroatoms. The maximum absolute atomic E-state index is 14.7. The minimum Gasteiger partial charge on any atom is -0.478 e. The standard InChI is InChI=1S/C45H52N6O14S2/c1-18-32-30(20(3)52)41(57)51(32)35(44(62)63)36(18)66-26-14-28(46-16-26)38(54)48-24-10-6-8-22(12-24)40(56)50-33(31(21(4)53)45(64)65-5)19(2)37(34(50)43(60)61)67-27-15-29(47-17-27)39(55)49-25-11-7-9-23(13-25)42(58)59/h6-13,18-21,26-33,46-47,52-53H,14-17H2,1-5H3,(H,48,54)(H,49,55)(H,58,59)(H,60,61)(H,62,63)/t18-,19-,20-,21-,26+,27+,28+,29+,30-,31+,32?,33?/m1/s1. The maximum Gasteiger partial charge on any atom is 0.353 e. The molecule has 4 amide bonds. The predicted molar refractivity (Wildman–Crippen MR) is 243 cm³/mol. The number of aliphatic hydroxyl groups excluding tert-OH is 2. The Morgan fingerprint density at radius 3 is 1.73 bits per heavy atom. The zero-order valence-electron chi connectivity index (χ0n) is 37.0. The van der Waals surface area contributed by atoms with Crippen LogP contribution < -0.4 is 21.3 Å². The maximum atomic E-state index is 14.7. The topological polar surface area (TPSA) is 302 Å². The minimum atomic E-state index is -1.49. The van der Waals surface area contributed by atoms with Crippen LogP contribution in [0.2, 0.25) is 0 Å². The van der Waals surface area contributed by atoms with Crippen molar-refractivity contribution in [3.8, 4) is 0 Å². The van der Waals surface area contributed by atoms with Crippen LogP contribution in [0.3, 0.4) is 0 Å². The molecule has 0 bridgehead atoms. The number of fused-ring (bicyclic) bond motifs is 1. The molecule has 0 saturated carbocycles. The smallest absolute Gasteiger partial charge is 0.353 e. The van der Waals surface area contributed by atoms with Crippen LogP contribution in [-0.2, 0) is 33.5 Å². The lowest BCUT2D eigenvalue weighted by molar-refractivity contribution is -0.163. The highest BCUT2D eigenvalue weighted by Crippen LogP contribution is 2.52. The van der Waals surface area contributed by atoms with Gasteiger partial charge in [0.1, 0.15) is 17.3 Å². The second kappa shape index (κ2) is 19.8. The Morgan fingerprint density at radius 2 is 1.25 bits per heavy atom. The van der Waals surface area contributed by atoms with Crippen molar-refractivity contribution in [2.75, 3.05) is 30.8 Å². The summed E-state index contributed by atoms with van der Waals surface area (Å²) in [5.74, 6) is -10.3. The van der Waals surface area contributed by atoms with Gasteiger partial charge in [-0.05, 0) is 63.1 Å². The first-order chi connectivity index (χ1) is 31.7. The molecular formula is C45H52N6O14S2. The van der Waals surface area contributed by atoms with Crippen molar-refractivity contribution in [2.45, 2.75) is 87.4 Å². The van der Waals surface area contributed by atoms with Gasteiger partial charge in [-0.1, -0.05) is 26.0 Å². The van der Waals surface area contributed by atoms with Crippen molar-refractivity contribution in [3.05, 3.63) is 80.9 Å². The van der Waals surface area contributed by atoms with Crippen molar-refractivity contribution >= 4 is 82.4 Å². The monoisotopic (exact) mass is 964 g/mol. The molecule has 0 spiro atoms. The van der Waals surface area contributed by atoms with Crippen LogP contribution in [0.15, 0.2) is 69.7 Å². The number of amides is 4. The van der Waals surface area contributed by atoms with Gasteiger partial charge < -0.3 is 56.4 Å². The van der Waals surface area contributed by atoms with Crippen LogP contribution >= 0.6 is 23.5 Å². The summed E-state index contributed by atoms with van der Waals surface area (Å²) in [5.41, 5.74) is -0.138. The summed E-state index contributed by atoms with van der Waals surface area (Å²) in [4.78, 5) is 108. The molecule has 2 unspecified atom stereocenters. The number of nitrogens with one attached hydrogen (secondary N) is 4. The summed E-state index contributed by atoms with van der Waals surface area (Å²) in [5, 5.41) is 62.5. The molecule has 5 aliphatic heterocycles. The normalized spacial score (nSPS) is 28.1. The number of benzene rings is 2. The quantitative estimate of drug-likeness (QED) is 0.0858. The van der Waals surface area contributed by atoms with Crippen LogP contribution in [-0.4, -0.2) is 150 Å². The number of aliphatic hydroxyl groups is 2. The van der Waals surface area contributed by atoms with Crippen molar-refractivity contribution in [1.29, 1.82) is 0 Å². The third-order valence-corrected chi connectivity index (χ3v) is 16.0. The molecular weight excluding hydrogens is 913 g/mol. The van der Waals surface area contributed by atoms with E-state index in [1.54, 1.807) is 13.0 Å². The van der Waals surface area contributed by atoms with Crippen molar-refractivity contribution in [2.24, 2.45) is 23.7 Å². The molecule has 358 valence electrons. The molecule has 20 nitrogen and oxygen atoms in total. The van der Waals surface area contributed by atoms with Crippen molar-refractivity contribution in [3.63, 3.8) is 0 Å². The fourth-order valence-corrected chi connectivity index (χ4v) is 12.7. The number of anilines is 2. The zero-order valence-corrected chi connectivity index (χ0v) is 38.6. The summed E-state index contributed by atoms with van der Waals surface area (Å²) >= 11 is 2.41. The number of thioether (sulfide) groups is 2. The number of hydrogen-bond acceptors (Lipinski definition) is 15. The second-order valence-corrected chi connectivity index (χ2v) is 20.0. The Hall–Kier alpha value is -5.78. The van der Waals surface area contributed by atoms with E-state index in [1.165, 1.54) is 73.0 Å². The molecule has 9 N–H and O–H groups in total. The van der Waals surface area contributed by atoms with Crippen LogP contribution in [0.5, 0.6) is 0 Å². The highest BCUT2D eigenvalue weighted by Gasteiger charge is 2.60. The van der Waals surface area contributed by atoms with Gasteiger partial charge in [0, 0.05) is 62.2 Å². The van der Waals surface area contributed by atoms with E-state index in [2.05, 4.69) is 21.3 Å². The first-order valence-corrected chi connectivity index (χ1v) is 23.4. The Balaban J connectivity index is 1.08. The Kier molecular flexibility index (Phi) is 14.5. The van der Waals surface area contributed by atoms with Gasteiger partial charge in [0.2, 0.25) is 17.7 Å². The number of esters is 1. The van der Waals surface area contributed by atoms with Gasteiger partial charge in [0.15, 0.2) is 0 Å². The molecule has 67 heavy (non-hydrogen) atoms. The number of carboxylic acid groups (broad SMARTS) is 3. The molecule has 3 saturated heterocycles.